The largest absolute Gasteiger partial charge is 0.334 e. The van der Waals surface area contributed by atoms with Crippen molar-refractivity contribution in [3.8, 4) is 0 Å². The molecule has 18 heavy (non-hydrogen) atoms. The van der Waals surface area contributed by atoms with Crippen LogP contribution >= 0.6 is 0 Å². The maximum Gasteiger partial charge on any atom is 0.211 e. The molecule has 0 unspecified atom stereocenters. The van der Waals surface area contributed by atoms with E-state index < -0.39 is 10.0 Å². The fourth-order valence-corrected chi connectivity index (χ4v) is 3.00. The quantitative estimate of drug-likeness (QED) is 0.759. The standard InChI is InChI=1S/C11H20N4O2S/c1-11-12-3-4-14(11)8-5-13-6-9-15(10-7-13)18(2,16)17/h3-4H,5-10H2,1-2H3. The summed E-state index contributed by atoms with van der Waals surface area (Å²) in [6.45, 7) is 6.65. The zero-order valence-electron chi connectivity index (χ0n) is 10.9. The van der Waals surface area contributed by atoms with Gasteiger partial charge >= 0.3 is 0 Å². The first-order valence-electron chi connectivity index (χ1n) is 6.12. The Morgan fingerprint density at radius 2 is 1.89 bits per heavy atom. The predicted molar refractivity (Wildman–Crippen MR) is 69.8 cm³/mol. The van der Waals surface area contributed by atoms with E-state index in [2.05, 4.69) is 14.5 Å². The zero-order valence-corrected chi connectivity index (χ0v) is 11.7. The number of hydrogen-bond acceptors (Lipinski definition) is 4. The second kappa shape index (κ2) is 5.38. The summed E-state index contributed by atoms with van der Waals surface area (Å²) in [4.78, 5) is 6.47. The molecule has 2 rings (SSSR count). The number of nitrogens with zero attached hydrogens (tertiary/aromatic N) is 4. The Bertz CT molecular complexity index is 489. The maximum atomic E-state index is 11.4. The first-order chi connectivity index (χ1) is 8.47. The van der Waals surface area contributed by atoms with Crippen molar-refractivity contribution < 1.29 is 8.42 Å². The molecule has 102 valence electrons. The Labute approximate surface area is 108 Å². The van der Waals surface area contributed by atoms with Crippen molar-refractivity contribution in [2.75, 3.05) is 39.0 Å². The molecule has 0 aliphatic carbocycles. The number of imidazole rings is 1. The highest BCUT2D eigenvalue weighted by Gasteiger charge is 2.22. The van der Waals surface area contributed by atoms with Crippen LogP contribution in [0.4, 0.5) is 0 Å². The zero-order chi connectivity index (χ0) is 13.2. The van der Waals surface area contributed by atoms with Gasteiger partial charge in [-0.2, -0.15) is 4.31 Å². The summed E-state index contributed by atoms with van der Waals surface area (Å²) in [5, 5.41) is 0. The minimum atomic E-state index is -3.02. The Morgan fingerprint density at radius 3 is 2.39 bits per heavy atom. The van der Waals surface area contributed by atoms with Crippen LogP contribution in [0.3, 0.4) is 0 Å². The van der Waals surface area contributed by atoms with Gasteiger partial charge in [0.2, 0.25) is 10.0 Å². The summed E-state index contributed by atoms with van der Waals surface area (Å²) in [7, 11) is -3.02. The van der Waals surface area contributed by atoms with E-state index in [0.29, 0.717) is 13.1 Å². The van der Waals surface area contributed by atoms with Gasteiger partial charge < -0.3 is 4.57 Å². The molecule has 0 bridgehead atoms. The SMILES string of the molecule is Cc1nccn1CCN1CCN(S(C)(=O)=O)CC1. The van der Waals surface area contributed by atoms with Gasteiger partial charge in [-0.3, -0.25) is 4.90 Å². The Morgan fingerprint density at radius 1 is 1.22 bits per heavy atom. The van der Waals surface area contributed by atoms with Crippen molar-refractivity contribution in [1.29, 1.82) is 0 Å². The van der Waals surface area contributed by atoms with Gasteiger partial charge in [0.05, 0.1) is 6.26 Å². The molecule has 0 aromatic carbocycles. The average Bonchev–Trinajstić information content (AvgIpc) is 2.72. The fraction of sp³-hybridized carbons (Fsp3) is 0.727. The van der Waals surface area contributed by atoms with Crippen molar-refractivity contribution in [3.63, 3.8) is 0 Å². The molecular weight excluding hydrogens is 252 g/mol. The van der Waals surface area contributed by atoms with Crippen molar-refractivity contribution in [1.82, 2.24) is 18.8 Å². The third-order valence-corrected chi connectivity index (χ3v) is 4.68. The summed E-state index contributed by atoms with van der Waals surface area (Å²) in [5.74, 6) is 1.02. The van der Waals surface area contributed by atoms with Crippen LogP contribution in [0.25, 0.3) is 0 Å². The molecule has 1 aliphatic heterocycles. The Balaban J connectivity index is 1.79. The average molecular weight is 272 g/mol. The smallest absolute Gasteiger partial charge is 0.211 e. The lowest BCUT2D eigenvalue weighted by Crippen LogP contribution is -2.48. The third-order valence-electron chi connectivity index (χ3n) is 3.38. The van der Waals surface area contributed by atoms with E-state index in [1.165, 1.54) is 6.26 Å². The van der Waals surface area contributed by atoms with Gasteiger partial charge in [-0.15, -0.1) is 0 Å². The van der Waals surface area contributed by atoms with Gasteiger partial charge in [0.25, 0.3) is 0 Å². The van der Waals surface area contributed by atoms with E-state index in [9.17, 15) is 8.42 Å². The van der Waals surface area contributed by atoms with Gasteiger partial charge in [0.1, 0.15) is 5.82 Å². The minimum Gasteiger partial charge on any atom is -0.334 e. The number of sulfonamides is 1. The fourth-order valence-electron chi connectivity index (χ4n) is 2.17. The molecule has 6 nitrogen and oxygen atoms in total. The van der Waals surface area contributed by atoms with Crippen molar-refractivity contribution >= 4 is 10.0 Å². The van der Waals surface area contributed by atoms with E-state index in [-0.39, 0.29) is 0 Å². The molecule has 0 spiro atoms. The molecule has 0 amide bonds. The third kappa shape index (κ3) is 3.30. The number of piperazine rings is 1. The number of rotatable bonds is 4. The first-order valence-corrected chi connectivity index (χ1v) is 7.97. The van der Waals surface area contributed by atoms with Gasteiger partial charge in [0, 0.05) is 51.7 Å². The molecule has 1 fully saturated rings. The van der Waals surface area contributed by atoms with E-state index in [1.807, 2.05) is 13.1 Å². The van der Waals surface area contributed by atoms with E-state index in [0.717, 1.165) is 32.0 Å². The van der Waals surface area contributed by atoms with Crippen molar-refractivity contribution in [3.05, 3.63) is 18.2 Å². The normalized spacial score (nSPS) is 19.2. The van der Waals surface area contributed by atoms with Gasteiger partial charge in [-0.1, -0.05) is 0 Å². The summed E-state index contributed by atoms with van der Waals surface area (Å²) in [6.07, 6.45) is 5.05. The molecule has 1 saturated heterocycles. The summed E-state index contributed by atoms with van der Waals surface area (Å²) < 4.78 is 26.4. The van der Waals surface area contributed by atoms with Crippen LogP contribution in [-0.4, -0.2) is 66.2 Å². The highest BCUT2D eigenvalue weighted by molar-refractivity contribution is 7.88. The molecule has 2 heterocycles. The monoisotopic (exact) mass is 272 g/mol. The van der Waals surface area contributed by atoms with E-state index in [4.69, 9.17) is 0 Å². The van der Waals surface area contributed by atoms with Crippen LogP contribution < -0.4 is 0 Å². The second-order valence-corrected chi connectivity index (χ2v) is 6.65. The van der Waals surface area contributed by atoms with Crippen LogP contribution in [0.1, 0.15) is 5.82 Å². The minimum absolute atomic E-state index is 0.599. The van der Waals surface area contributed by atoms with Crippen LogP contribution in [0.15, 0.2) is 12.4 Å². The lowest BCUT2D eigenvalue weighted by molar-refractivity contribution is 0.183. The number of aromatic nitrogens is 2. The summed E-state index contributed by atoms with van der Waals surface area (Å²) >= 11 is 0. The molecule has 1 aliphatic rings. The van der Waals surface area contributed by atoms with E-state index in [1.54, 1.807) is 10.5 Å². The van der Waals surface area contributed by atoms with Gasteiger partial charge in [-0.05, 0) is 6.92 Å². The highest BCUT2D eigenvalue weighted by atomic mass is 32.2. The van der Waals surface area contributed by atoms with Crippen LogP contribution in [0.5, 0.6) is 0 Å². The van der Waals surface area contributed by atoms with Crippen molar-refractivity contribution in [2.45, 2.75) is 13.5 Å². The highest BCUT2D eigenvalue weighted by Crippen LogP contribution is 2.06. The molecule has 1 aromatic heterocycles. The van der Waals surface area contributed by atoms with Gasteiger partial charge in [-0.25, -0.2) is 13.4 Å². The predicted octanol–water partition coefficient (Wildman–Crippen LogP) is -0.231. The lowest BCUT2D eigenvalue weighted by atomic mass is 10.3. The number of hydrogen-bond donors (Lipinski definition) is 0. The molecule has 0 atom stereocenters. The first kappa shape index (κ1) is 13.5. The molecule has 1 aromatic rings. The lowest BCUT2D eigenvalue weighted by Gasteiger charge is -2.33. The van der Waals surface area contributed by atoms with Crippen LogP contribution in [-0.2, 0) is 16.6 Å². The van der Waals surface area contributed by atoms with Crippen molar-refractivity contribution in [2.24, 2.45) is 0 Å². The van der Waals surface area contributed by atoms with Crippen LogP contribution in [0.2, 0.25) is 0 Å². The summed E-state index contributed by atoms with van der Waals surface area (Å²) in [6, 6.07) is 0. The van der Waals surface area contributed by atoms with E-state index >= 15 is 0 Å². The summed E-state index contributed by atoms with van der Waals surface area (Å²) in [5.41, 5.74) is 0. The maximum absolute atomic E-state index is 11.4. The molecule has 0 saturated carbocycles. The number of aryl methyl sites for hydroxylation is 1. The van der Waals surface area contributed by atoms with Gasteiger partial charge in [0.15, 0.2) is 0 Å². The molecule has 0 N–H and O–H groups in total. The second-order valence-electron chi connectivity index (χ2n) is 4.67. The Kier molecular flexibility index (Phi) is 4.04. The molecular formula is C11H20N4O2S. The molecule has 0 radical (unpaired) electrons. The molecule has 7 heteroatoms. The van der Waals surface area contributed by atoms with Crippen LogP contribution in [0, 0.1) is 6.92 Å². The Hall–Kier alpha value is -0.920. The topological polar surface area (TPSA) is 58.4 Å².